The monoisotopic (exact) mass is 629 g/mol. The number of carbonyl (C=O) groups is 2. The summed E-state index contributed by atoms with van der Waals surface area (Å²) in [5.74, 6) is -4.24. The van der Waals surface area contributed by atoms with Crippen LogP contribution in [0.4, 0.5) is 26.3 Å². The highest BCUT2D eigenvalue weighted by atomic mass is 19.4. The molecule has 0 fully saturated rings. The van der Waals surface area contributed by atoms with E-state index in [9.17, 15) is 35.9 Å². The molecule has 5 rings (SSSR count). The largest absolute Gasteiger partial charge is 0.435 e. The molecule has 0 radical (unpaired) electrons. The minimum Gasteiger partial charge on any atom is -0.366 e. The molecule has 1 aliphatic rings. The van der Waals surface area contributed by atoms with E-state index in [1.165, 1.54) is 18.3 Å². The summed E-state index contributed by atoms with van der Waals surface area (Å²) in [6.45, 7) is 1.64. The van der Waals surface area contributed by atoms with Crippen LogP contribution >= 0.6 is 0 Å². The van der Waals surface area contributed by atoms with Crippen LogP contribution in [-0.2, 0) is 30.2 Å². The van der Waals surface area contributed by atoms with Gasteiger partial charge in [-0.3, -0.25) is 19.3 Å². The predicted octanol–water partition coefficient (Wildman–Crippen LogP) is 6.41. The Kier molecular flexibility index (Phi) is 8.98. The number of alkyl halides is 3. The molecule has 45 heavy (non-hydrogen) atoms. The normalized spacial score (nSPS) is 14.5. The van der Waals surface area contributed by atoms with Crippen molar-refractivity contribution >= 4 is 11.8 Å². The molecule has 0 bridgehead atoms. The number of halogens is 6. The first kappa shape index (κ1) is 31.7. The van der Waals surface area contributed by atoms with E-state index in [2.05, 4.69) is 15.4 Å². The molecular weight excluding hydrogens is 600 g/mol. The first-order valence-corrected chi connectivity index (χ1v) is 14.3. The minimum absolute atomic E-state index is 0.0837. The van der Waals surface area contributed by atoms with Gasteiger partial charge >= 0.3 is 6.18 Å². The van der Waals surface area contributed by atoms with Crippen molar-refractivity contribution in [3.8, 4) is 11.1 Å². The first-order valence-electron chi connectivity index (χ1n) is 14.3. The summed E-state index contributed by atoms with van der Waals surface area (Å²) in [6.07, 6.45) is -1.63. The highest BCUT2D eigenvalue weighted by Crippen LogP contribution is 2.38. The van der Waals surface area contributed by atoms with Crippen molar-refractivity contribution in [2.45, 2.75) is 63.7 Å². The van der Waals surface area contributed by atoms with Gasteiger partial charge in [0.25, 0.3) is 5.91 Å². The van der Waals surface area contributed by atoms with Crippen molar-refractivity contribution in [2.75, 3.05) is 0 Å². The lowest BCUT2D eigenvalue weighted by atomic mass is 9.94. The number of fused-ring (bicyclic) bond motifs is 1. The number of nitrogens with two attached hydrogens (primary N) is 1. The van der Waals surface area contributed by atoms with Gasteiger partial charge in [0.15, 0.2) is 5.69 Å². The Balaban J connectivity index is 1.58. The molecule has 2 atom stereocenters. The molecular formula is C32H29F6N5O2. The molecule has 4 aromatic rings. The van der Waals surface area contributed by atoms with Gasteiger partial charge in [0.05, 0.1) is 17.3 Å². The van der Waals surface area contributed by atoms with E-state index in [4.69, 9.17) is 5.73 Å². The van der Waals surface area contributed by atoms with Crippen molar-refractivity contribution in [1.29, 1.82) is 0 Å². The van der Waals surface area contributed by atoms with Gasteiger partial charge in [-0.1, -0.05) is 19.1 Å². The molecule has 7 nitrogen and oxygen atoms in total. The first-order chi connectivity index (χ1) is 21.4. The number of benzene rings is 2. The lowest BCUT2D eigenvalue weighted by Gasteiger charge is -2.26. The van der Waals surface area contributed by atoms with Crippen molar-refractivity contribution in [2.24, 2.45) is 5.73 Å². The second kappa shape index (κ2) is 12.7. The maximum Gasteiger partial charge on any atom is 0.435 e. The van der Waals surface area contributed by atoms with Crippen molar-refractivity contribution < 1.29 is 35.9 Å². The van der Waals surface area contributed by atoms with Crippen molar-refractivity contribution in [3.63, 3.8) is 0 Å². The summed E-state index contributed by atoms with van der Waals surface area (Å²) in [7, 11) is 0. The molecule has 3 N–H and O–H groups in total. The van der Waals surface area contributed by atoms with Crippen LogP contribution in [0.25, 0.3) is 11.1 Å². The van der Waals surface area contributed by atoms with E-state index < -0.39 is 53.2 Å². The molecule has 0 saturated heterocycles. The highest BCUT2D eigenvalue weighted by molar-refractivity contribution is 5.94. The molecule has 0 aliphatic heterocycles. The van der Waals surface area contributed by atoms with Crippen molar-refractivity contribution in [1.82, 2.24) is 20.1 Å². The number of amides is 2. The Morgan fingerprint density at radius 1 is 1.02 bits per heavy atom. The van der Waals surface area contributed by atoms with Gasteiger partial charge in [-0.2, -0.15) is 18.3 Å². The second-order valence-corrected chi connectivity index (χ2v) is 10.9. The SMILES string of the molecule is CCC(C(=O)N[C@@H](Cc1cc(F)cc(F)c1)c1ncccc1-c1ccc(F)c(C(N)=O)c1)n1nc(C(F)(F)F)c2c1CCCC2. The third-order valence-electron chi connectivity index (χ3n) is 7.85. The summed E-state index contributed by atoms with van der Waals surface area (Å²) >= 11 is 0. The van der Waals surface area contributed by atoms with Gasteiger partial charge in [0.1, 0.15) is 23.5 Å². The highest BCUT2D eigenvalue weighted by Gasteiger charge is 2.41. The maximum absolute atomic E-state index is 14.3. The third kappa shape index (κ3) is 6.71. The summed E-state index contributed by atoms with van der Waals surface area (Å²) in [6, 6.07) is 7.48. The molecule has 0 spiro atoms. The average molecular weight is 630 g/mol. The lowest BCUT2D eigenvalue weighted by molar-refractivity contribution is -0.142. The van der Waals surface area contributed by atoms with Crippen LogP contribution in [-0.4, -0.2) is 26.6 Å². The number of nitrogens with one attached hydrogen (secondary N) is 1. The number of rotatable bonds is 9. The molecule has 2 amide bonds. The number of hydrogen-bond acceptors (Lipinski definition) is 4. The van der Waals surface area contributed by atoms with Crippen LogP contribution in [0.1, 0.15) is 76.8 Å². The zero-order valence-electron chi connectivity index (χ0n) is 24.1. The fourth-order valence-electron chi connectivity index (χ4n) is 5.85. The molecule has 236 valence electrons. The van der Waals surface area contributed by atoms with Gasteiger partial charge < -0.3 is 11.1 Å². The van der Waals surface area contributed by atoms with Gasteiger partial charge in [0.2, 0.25) is 5.91 Å². The van der Waals surface area contributed by atoms with Crippen LogP contribution in [0.2, 0.25) is 0 Å². The van der Waals surface area contributed by atoms with E-state index in [0.717, 1.165) is 22.9 Å². The number of aromatic nitrogens is 3. The van der Waals surface area contributed by atoms with E-state index in [1.54, 1.807) is 19.1 Å². The standard InChI is InChI=1S/C32H29F6N5O2/c1-2-26(43-27-8-4-3-6-22(27)29(42-43)32(36,37)38)31(45)41-25(14-17-12-19(33)16-20(34)13-17)28-21(7-5-11-40-28)18-9-10-24(35)23(15-18)30(39)44/h5,7,9-13,15-16,25-26H,2-4,6,8,14H2,1H3,(H2,39,44)(H,41,45)/t25-,26?/m0/s1. The molecule has 1 aliphatic carbocycles. The molecule has 2 aromatic carbocycles. The quantitative estimate of drug-likeness (QED) is 0.209. The Hall–Kier alpha value is -4.68. The van der Waals surface area contributed by atoms with Crippen LogP contribution in [0.3, 0.4) is 0 Å². The number of pyridine rings is 1. The van der Waals surface area contributed by atoms with Crippen molar-refractivity contribution in [3.05, 3.63) is 106 Å². The minimum atomic E-state index is -4.70. The number of carbonyl (C=O) groups excluding carboxylic acids is 2. The lowest BCUT2D eigenvalue weighted by Crippen LogP contribution is -2.37. The Morgan fingerprint density at radius 2 is 1.73 bits per heavy atom. The zero-order chi connectivity index (χ0) is 32.5. The van der Waals surface area contributed by atoms with E-state index in [1.807, 2.05) is 0 Å². The molecule has 13 heteroatoms. The van der Waals surface area contributed by atoms with Gasteiger partial charge in [-0.15, -0.1) is 0 Å². The molecule has 2 aromatic heterocycles. The summed E-state index contributed by atoms with van der Waals surface area (Å²) in [5.41, 5.74) is 5.41. The number of primary amides is 1. The fourth-order valence-corrected chi connectivity index (χ4v) is 5.85. The van der Waals surface area contributed by atoms with Gasteiger partial charge in [-0.05, 0) is 80.0 Å². The summed E-state index contributed by atoms with van der Waals surface area (Å²) in [5, 5.41) is 6.71. The van der Waals surface area contributed by atoms with E-state index in [0.29, 0.717) is 42.1 Å². The molecule has 0 saturated carbocycles. The average Bonchev–Trinajstić information content (AvgIpc) is 3.37. The number of nitrogens with zero attached hydrogens (tertiary/aromatic N) is 3. The van der Waals surface area contributed by atoms with Crippen LogP contribution in [0, 0.1) is 17.5 Å². The van der Waals surface area contributed by atoms with Crippen LogP contribution in [0.15, 0.2) is 54.7 Å². The topological polar surface area (TPSA) is 103 Å². The predicted molar refractivity (Wildman–Crippen MR) is 152 cm³/mol. The molecule has 2 heterocycles. The third-order valence-corrected chi connectivity index (χ3v) is 7.85. The fraction of sp³-hybridized carbons (Fsp3) is 0.312. The Bertz CT molecular complexity index is 1730. The summed E-state index contributed by atoms with van der Waals surface area (Å²) < 4.78 is 85.5. The summed E-state index contributed by atoms with van der Waals surface area (Å²) in [4.78, 5) is 30.2. The zero-order valence-corrected chi connectivity index (χ0v) is 24.1. The second-order valence-electron chi connectivity index (χ2n) is 10.9. The number of hydrogen-bond donors (Lipinski definition) is 2. The maximum atomic E-state index is 14.3. The Labute approximate surface area is 254 Å². The van der Waals surface area contributed by atoms with E-state index in [-0.39, 0.29) is 41.6 Å². The van der Waals surface area contributed by atoms with Gasteiger partial charge in [0, 0.05) is 29.1 Å². The molecule has 1 unspecified atom stereocenters. The van der Waals surface area contributed by atoms with Crippen LogP contribution < -0.4 is 11.1 Å². The van der Waals surface area contributed by atoms with Crippen LogP contribution in [0.5, 0.6) is 0 Å². The smallest absolute Gasteiger partial charge is 0.366 e. The van der Waals surface area contributed by atoms with Gasteiger partial charge in [-0.25, -0.2) is 13.2 Å². The Morgan fingerprint density at radius 3 is 2.40 bits per heavy atom. The van der Waals surface area contributed by atoms with E-state index >= 15 is 0 Å².